The van der Waals surface area contributed by atoms with E-state index in [1.165, 1.54) is 12.1 Å². The number of fused-ring (bicyclic) bond motifs is 1. The Labute approximate surface area is 156 Å². The maximum absolute atomic E-state index is 13.3. The van der Waals surface area contributed by atoms with Crippen molar-refractivity contribution in [2.45, 2.75) is 38.5 Å². The van der Waals surface area contributed by atoms with Crippen LogP contribution in [0.3, 0.4) is 0 Å². The van der Waals surface area contributed by atoms with Gasteiger partial charge in [-0.3, -0.25) is 14.6 Å². The van der Waals surface area contributed by atoms with E-state index in [0.717, 1.165) is 33.9 Å². The van der Waals surface area contributed by atoms with Gasteiger partial charge in [-0.2, -0.15) is 10.2 Å². The van der Waals surface area contributed by atoms with Gasteiger partial charge in [-0.25, -0.2) is 4.39 Å². The summed E-state index contributed by atoms with van der Waals surface area (Å²) in [5.74, 6) is 0.214. The molecule has 0 saturated carbocycles. The normalized spacial score (nSPS) is 16.9. The molecule has 140 valence electrons. The van der Waals surface area contributed by atoms with Crippen molar-refractivity contribution in [3.63, 3.8) is 0 Å². The number of rotatable bonds is 2. The van der Waals surface area contributed by atoms with Gasteiger partial charge in [0.1, 0.15) is 11.6 Å². The molecule has 0 fully saturated rings. The van der Waals surface area contributed by atoms with Gasteiger partial charge in [0.15, 0.2) is 0 Å². The minimum absolute atomic E-state index is 0.0535. The standard InChI is InChI=1S/C20H22FN5O/c1-20(2,3)18-16-13(9-15(27)23-19(16)26(4)25-18)14-10-22-24-17(14)11-5-7-12(21)8-6-11/h5-8,10,13H,9H2,1-4H3,(H,22,24)(H,23,27). The van der Waals surface area contributed by atoms with Crippen LogP contribution in [0.4, 0.5) is 10.2 Å². The Balaban J connectivity index is 1.89. The highest BCUT2D eigenvalue weighted by atomic mass is 19.1. The van der Waals surface area contributed by atoms with E-state index < -0.39 is 0 Å². The summed E-state index contributed by atoms with van der Waals surface area (Å²) in [4.78, 5) is 12.4. The third-order valence-corrected chi connectivity index (χ3v) is 4.97. The molecule has 0 spiro atoms. The van der Waals surface area contributed by atoms with Gasteiger partial charge < -0.3 is 5.32 Å². The lowest BCUT2D eigenvalue weighted by molar-refractivity contribution is -0.116. The predicted octanol–water partition coefficient (Wildman–Crippen LogP) is 3.72. The Morgan fingerprint density at radius 3 is 2.59 bits per heavy atom. The Hall–Kier alpha value is -2.96. The van der Waals surface area contributed by atoms with Crippen molar-refractivity contribution in [3.05, 3.63) is 53.1 Å². The summed E-state index contributed by atoms with van der Waals surface area (Å²) in [7, 11) is 1.84. The van der Waals surface area contributed by atoms with Gasteiger partial charge in [-0.1, -0.05) is 20.8 Å². The molecular weight excluding hydrogens is 345 g/mol. The number of benzene rings is 1. The second-order valence-corrected chi connectivity index (χ2v) is 8.00. The van der Waals surface area contributed by atoms with Crippen molar-refractivity contribution in [1.82, 2.24) is 20.0 Å². The van der Waals surface area contributed by atoms with Crippen LogP contribution in [0.2, 0.25) is 0 Å². The lowest BCUT2D eigenvalue weighted by Gasteiger charge is -2.27. The van der Waals surface area contributed by atoms with Crippen molar-refractivity contribution < 1.29 is 9.18 Å². The fourth-order valence-electron chi connectivity index (χ4n) is 3.72. The van der Waals surface area contributed by atoms with E-state index in [2.05, 4.69) is 36.3 Å². The molecule has 1 atom stereocenters. The molecule has 7 heteroatoms. The summed E-state index contributed by atoms with van der Waals surface area (Å²) in [6.45, 7) is 6.33. The summed E-state index contributed by atoms with van der Waals surface area (Å²) < 4.78 is 15.1. The molecule has 0 radical (unpaired) electrons. The number of carbonyl (C=O) groups is 1. The number of anilines is 1. The summed E-state index contributed by atoms with van der Waals surface area (Å²) in [6.07, 6.45) is 2.07. The molecule has 3 aromatic rings. The average Bonchev–Trinajstić information content (AvgIpc) is 3.20. The van der Waals surface area contributed by atoms with Crippen molar-refractivity contribution in [2.24, 2.45) is 7.05 Å². The Morgan fingerprint density at radius 2 is 1.93 bits per heavy atom. The molecule has 2 aromatic heterocycles. The quantitative estimate of drug-likeness (QED) is 0.725. The van der Waals surface area contributed by atoms with Crippen LogP contribution in [-0.2, 0) is 17.3 Å². The second kappa shape index (κ2) is 6.04. The van der Waals surface area contributed by atoms with E-state index in [0.29, 0.717) is 6.42 Å². The zero-order valence-electron chi connectivity index (χ0n) is 15.8. The number of aromatic amines is 1. The van der Waals surface area contributed by atoms with Crippen LogP contribution in [0.1, 0.15) is 49.9 Å². The van der Waals surface area contributed by atoms with Crippen molar-refractivity contribution in [2.75, 3.05) is 5.32 Å². The molecule has 0 bridgehead atoms. The molecular formula is C20H22FN5O. The Bertz CT molecular complexity index is 1010. The van der Waals surface area contributed by atoms with Crippen molar-refractivity contribution in [1.29, 1.82) is 0 Å². The fraction of sp³-hybridized carbons (Fsp3) is 0.350. The number of hydrogen-bond donors (Lipinski definition) is 2. The molecule has 0 saturated heterocycles. The van der Waals surface area contributed by atoms with Gasteiger partial charge in [-0.05, 0) is 24.3 Å². The first-order chi connectivity index (χ1) is 12.8. The monoisotopic (exact) mass is 367 g/mol. The van der Waals surface area contributed by atoms with Crippen LogP contribution in [0, 0.1) is 5.82 Å². The smallest absolute Gasteiger partial charge is 0.226 e. The minimum atomic E-state index is -0.290. The van der Waals surface area contributed by atoms with E-state index in [1.807, 2.05) is 7.05 Å². The molecule has 6 nitrogen and oxygen atoms in total. The second-order valence-electron chi connectivity index (χ2n) is 8.00. The lowest BCUT2D eigenvalue weighted by atomic mass is 9.79. The maximum atomic E-state index is 13.3. The number of halogens is 1. The number of hydrogen-bond acceptors (Lipinski definition) is 3. The third kappa shape index (κ3) is 2.93. The highest BCUT2D eigenvalue weighted by molar-refractivity contribution is 5.95. The summed E-state index contributed by atoms with van der Waals surface area (Å²) in [5, 5.41) is 14.9. The molecule has 1 aromatic carbocycles. The van der Waals surface area contributed by atoms with E-state index in [4.69, 9.17) is 5.10 Å². The molecule has 0 aliphatic carbocycles. The van der Waals surface area contributed by atoms with E-state index in [1.54, 1.807) is 23.0 Å². The zero-order chi connectivity index (χ0) is 19.3. The Morgan fingerprint density at radius 1 is 1.22 bits per heavy atom. The number of carbonyl (C=O) groups excluding carboxylic acids is 1. The molecule has 2 N–H and O–H groups in total. The highest BCUT2D eigenvalue weighted by Crippen LogP contribution is 2.44. The molecule has 1 unspecified atom stereocenters. The topological polar surface area (TPSA) is 75.6 Å². The number of nitrogens with one attached hydrogen (secondary N) is 2. The van der Waals surface area contributed by atoms with Crippen LogP contribution in [0.15, 0.2) is 30.5 Å². The van der Waals surface area contributed by atoms with Gasteiger partial charge in [0.05, 0.1) is 17.6 Å². The number of nitrogens with zero attached hydrogens (tertiary/aromatic N) is 3. The molecule has 4 rings (SSSR count). The summed E-state index contributed by atoms with van der Waals surface area (Å²) in [5.41, 5.74) is 4.34. The van der Waals surface area contributed by atoms with Crippen LogP contribution in [0.25, 0.3) is 11.3 Å². The summed E-state index contributed by atoms with van der Waals surface area (Å²) in [6, 6.07) is 6.27. The fourth-order valence-corrected chi connectivity index (χ4v) is 3.72. The van der Waals surface area contributed by atoms with E-state index in [-0.39, 0.29) is 23.1 Å². The van der Waals surface area contributed by atoms with Gasteiger partial charge in [0.25, 0.3) is 0 Å². The summed E-state index contributed by atoms with van der Waals surface area (Å²) >= 11 is 0. The lowest BCUT2D eigenvalue weighted by Crippen LogP contribution is -2.26. The van der Waals surface area contributed by atoms with Gasteiger partial charge in [0, 0.05) is 41.5 Å². The molecule has 3 heterocycles. The maximum Gasteiger partial charge on any atom is 0.226 e. The molecule has 1 aliphatic rings. The number of aromatic nitrogens is 4. The number of H-pyrrole nitrogens is 1. The molecule has 1 amide bonds. The van der Waals surface area contributed by atoms with Crippen molar-refractivity contribution >= 4 is 11.7 Å². The van der Waals surface area contributed by atoms with Crippen LogP contribution in [0.5, 0.6) is 0 Å². The Kier molecular flexibility index (Phi) is 3.91. The SMILES string of the molecule is Cn1nc(C(C)(C)C)c2c1NC(=O)CC2c1cn[nH]c1-c1ccc(F)cc1. The first-order valence-corrected chi connectivity index (χ1v) is 8.92. The highest BCUT2D eigenvalue weighted by Gasteiger charge is 2.37. The largest absolute Gasteiger partial charge is 0.311 e. The van der Waals surface area contributed by atoms with E-state index >= 15 is 0 Å². The number of amides is 1. The van der Waals surface area contributed by atoms with Gasteiger partial charge in [-0.15, -0.1) is 0 Å². The minimum Gasteiger partial charge on any atom is -0.311 e. The molecule has 27 heavy (non-hydrogen) atoms. The van der Waals surface area contributed by atoms with E-state index in [9.17, 15) is 9.18 Å². The first-order valence-electron chi connectivity index (χ1n) is 8.92. The van der Waals surface area contributed by atoms with Gasteiger partial charge >= 0.3 is 0 Å². The first kappa shape index (κ1) is 17.5. The van der Waals surface area contributed by atoms with Crippen LogP contribution >= 0.6 is 0 Å². The van der Waals surface area contributed by atoms with Gasteiger partial charge in [0.2, 0.25) is 5.91 Å². The average molecular weight is 367 g/mol. The predicted molar refractivity (Wildman–Crippen MR) is 101 cm³/mol. The molecule has 1 aliphatic heterocycles. The van der Waals surface area contributed by atoms with Crippen molar-refractivity contribution in [3.8, 4) is 11.3 Å². The number of aryl methyl sites for hydroxylation is 1. The van der Waals surface area contributed by atoms with Crippen LogP contribution < -0.4 is 5.32 Å². The third-order valence-electron chi connectivity index (χ3n) is 4.97. The van der Waals surface area contributed by atoms with Crippen LogP contribution in [-0.4, -0.2) is 25.9 Å². The zero-order valence-corrected chi connectivity index (χ0v) is 15.8.